The van der Waals surface area contributed by atoms with Gasteiger partial charge in [0.2, 0.25) is 0 Å². The van der Waals surface area contributed by atoms with Gasteiger partial charge in [0.1, 0.15) is 0 Å². The number of ether oxygens (including phenoxy) is 1. The molecule has 3 heteroatoms. The maximum absolute atomic E-state index is 9.92. The number of rotatable bonds is 0. The molecule has 0 radical (unpaired) electrons. The molecule has 19 heavy (non-hydrogen) atoms. The summed E-state index contributed by atoms with van der Waals surface area (Å²) in [5, 5.41) is 0. The van der Waals surface area contributed by atoms with Crippen molar-refractivity contribution in [3.05, 3.63) is 12.2 Å². The largest absolute Gasteiger partial charge is 0.387 e. The second-order valence-electron chi connectivity index (χ2n) is 7.12. The van der Waals surface area contributed by atoms with E-state index < -0.39 is 11.9 Å². The summed E-state index contributed by atoms with van der Waals surface area (Å²) in [6.07, 6.45) is 10.0. The summed E-state index contributed by atoms with van der Waals surface area (Å²) in [6.45, 7) is 5.07. The van der Waals surface area contributed by atoms with E-state index in [1.54, 1.807) is 32.1 Å². The molecule has 3 unspecified atom stereocenters. The van der Waals surface area contributed by atoms with Crippen molar-refractivity contribution >= 4 is 11.9 Å². The second kappa shape index (κ2) is 4.46. The van der Waals surface area contributed by atoms with Gasteiger partial charge in [0.15, 0.2) is 0 Å². The van der Waals surface area contributed by atoms with Gasteiger partial charge in [0.05, 0.1) is 0 Å². The molecule has 1 aliphatic heterocycles. The minimum atomic E-state index is -0.579. The molecule has 0 aromatic carbocycles. The quantitative estimate of drug-likeness (QED) is 0.497. The number of hydrogen-bond acceptors (Lipinski definition) is 3. The normalized spacial score (nSPS) is 46.0. The molecule has 104 valence electrons. The summed E-state index contributed by atoms with van der Waals surface area (Å²) >= 11 is 0. The minimum Gasteiger partial charge on any atom is -0.387 e. The van der Waals surface area contributed by atoms with Crippen molar-refractivity contribution < 1.29 is 14.3 Å². The molecule has 4 fully saturated rings. The summed E-state index contributed by atoms with van der Waals surface area (Å²) < 4.78 is 3.97. The summed E-state index contributed by atoms with van der Waals surface area (Å²) in [7, 11) is 0. The fourth-order valence-corrected chi connectivity index (χ4v) is 5.00. The fraction of sp³-hybridized carbons (Fsp3) is 0.750. The molecule has 3 atom stereocenters. The molecule has 0 saturated heterocycles. The van der Waals surface area contributed by atoms with Crippen LogP contribution in [0.4, 0.5) is 0 Å². The summed E-state index contributed by atoms with van der Waals surface area (Å²) in [6, 6.07) is 0. The van der Waals surface area contributed by atoms with E-state index in [2.05, 4.69) is 18.6 Å². The smallest absolute Gasteiger partial charge is 0.338 e. The Bertz CT molecular complexity index is 407. The van der Waals surface area contributed by atoms with Gasteiger partial charge >= 0.3 is 11.9 Å². The van der Waals surface area contributed by atoms with Crippen molar-refractivity contribution in [1.29, 1.82) is 0 Å². The van der Waals surface area contributed by atoms with Crippen LogP contribution in [0.25, 0.3) is 0 Å². The Hall–Kier alpha value is -1.12. The summed E-state index contributed by atoms with van der Waals surface area (Å²) in [5.41, 5.74) is 0.759. The Labute approximate surface area is 114 Å². The maximum Gasteiger partial charge on any atom is 0.338 e. The predicted octanol–water partition coefficient (Wildman–Crippen LogP) is 3.09. The number of carbonyl (C=O) groups excluding carboxylic acids is 2. The number of cyclic esters (lactones) is 2. The highest BCUT2D eigenvalue weighted by Crippen LogP contribution is 2.62. The average Bonchev–Trinajstić information content (AvgIpc) is 2.69. The highest BCUT2D eigenvalue weighted by atomic mass is 16.6. The van der Waals surface area contributed by atoms with Crippen LogP contribution in [0.15, 0.2) is 12.2 Å². The molecule has 0 spiro atoms. The topological polar surface area (TPSA) is 43.4 Å². The van der Waals surface area contributed by atoms with Crippen LogP contribution >= 0.6 is 0 Å². The summed E-state index contributed by atoms with van der Waals surface area (Å²) in [4.78, 5) is 19.8. The lowest BCUT2D eigenvalue weighted by Gasteiger charge is -2.59. The van der Waals surface area contributed by atoms with Gasteiger partial charge in [-0.25, -0.2) is 9.59 Å². The van der Waals surface area contributed by atoms with E-state index in [9.17, 15) is 9.59 Å². The standard InChI is InChI=1S/C12H20.C4H2O3/c1-8-11-4-9-3-10(5-11)7-12(8,2)6-9;5-3-1-2-4(6)7-3/h8-11H,3-7H2,1-2H3;1-2H. The second-order valence-corrected chi connectivity index (χ2v) is 7.12. The van der Waals surface area contributed by atoms with Gasteiger partial charge in [-0.05, 0) is 61.2 Å². The average molecular weight is 262 g/mol. The molecule has 3 nitrogen and oxygen atoms in total. The van der Waals surface area contributed by atoms with Gasteiger partial charge in [-0.3, -0.25) is 0 Å². The number of esters is 2. The Balaban J connectivity index is 0.000000136. The first-order valence-electron chi connectivity index (χ1n) is 7.40. The van der Waals surface area contributed by atoms with Crippen LogP contribution in [0.1, 0.15) is 46.0 Å². The zero-order chi connectivity index (χ0) is 13.6. The van der Waals surface area contributed by atoms with Crippen molar-refractivity contribution in [2.24, 2.45) is 29.1 Å². The van der Waals surface area contributed by atoms with Gasteiger partial charge in [0, 0.05) is 12.2 Å². The molecule has 5 aliphatic rings. The third kappa shape index (κ3) is 2.35. The van der Waals surface area contributed by atoms with E-state index in [4.69, 9.17) is 0 Å². The van der Waals surface area contributed by atoms with Crippen molar-refractivity contribution in [2.45, 2.75) is 46.0 Å². The van der Waals surface area contributed by atoms with E-state index in [0.29, 0.717) is 0 Å². The molecule has 4 bridgehead atoms. The lowest BCUT2D eigenvalue weighted by atomic mass is 9.46. The van der Waals surface area contributed by atoms with Crippen LogP contribution < -0.4 is 0 Å². The molecule has 4 saturated carbocycles. The van der Waals surface area contributed by atoms with Crippen LogP contribution in [-0.4, -0.2) is 11.9 Å². The van der Waals surface area contributed by atoms with Crippen molar-refractivity contribution in [1.82, 2.24) is 0 Å². The lowest BCUT2D eigenvalue weighted by Crippen LogP contribution is -2.50. The van der Waals surface area contributed by atoms with Gasteiger partial charge in [0.25, 0.3) is 0 Å². The third-order valence-corrected chi connectivity index (χ3v) is 5.81. The minimum absolute atomic E-state index is 0.579. The Morgan fingerprint density at radius 1 is 1.05 bits per heavy atom. The first kappa shape index (κ1) is 12.9. The Morgan fingerprint density at radius 2 is 1.58 bits per heavy atom. The molecular weight excluding hydrogens is 240 g/mol. The predicted molar refractivity (Wildman–Crippen MR) is 71.1 cm³/mol. The molecule has 0 amide bonds. The van der Waals surface area contributed by atoms with Crippen LogP contribution in [-0.2, 0) is 14.3 Å². The number of hydrogen-bond donors (Lipinski definition) is 0. The maximum atomic E-state index is 9.92. The summed E-state index contributed by atoms with van der Waals surface area (Å²) in [5.74, 6) is 3.24. The van der Waals surface area contributed by atoms with Crippen molar-refractivity contribution in [3.8, 4) is 0 Å². The van der Waals surface area contributed by atoms with Crippen molar-refractivity contribution in [2.75, 3.05) is 0 Å². The molecule has 1 heterocycles. The highest BCUT2D eigenvalue weighted by molar-refractivity contribution is 6.04. The van der Waals surface area contributed by atoms with E-state index in [1.807, 2.05) is 0 Å². The Kier molecular flexibility index (Phi) is 3.03. The van der Waals surface area contributed by atoms with E-state index in [0.717, 1.165) is 41.2 Å². The third-order valence-electron chi connectivity index (χ3n) is 5.81. The van der Waals surface area contributed by atoms with Crippen LogP contribution in [0.5, 0.6) is 0 Å². The van der Waals surface area contributed by atoms with E-state index in [1.165, 1.54) is 0 Å². The first-order valence-corrected chi connectivity index (χ1v) is 7.40. The van der Waals surface area contributed by atoms with Gasteiger partial charge in [-0.2, -0.15) is 0 Å². The highest BCUT2D eigenvalue weighted by Gasteiger charge is 2.52. The molecule has 0 aromatic heterocycles. The van der Waals surface area contributed by atoms with Gasteiger partial charge in [-0.1, -0.05) is 13.8 Å². The zero-order valence-corrected chi connectivity index (χ0v) is 11.7. The molecule has 0 N–H and O–H groups in total. The zero-order valence-electron chi connectivity index (χ0n) is 11.7. The number of carbonyl (C=O) groups is 2. The van der Waals surface area contributed by atoms with Crippen LogP contribution in [0, 0.1) is 29.1 Å². The Morgan fingerprint density at radius 3 is 1.95 bits per heavy atom. The van der Waals surface area contributed by atoms with Crippen molar-refractivity contribution in [3.63, 3.8) is 0 Å². The van der Waals surface area contributed by atoms with Gasteiger partial charge in [-0.15, -0.1) is 0 Å². The molecular formula is C16H22O3. The van der Waals surface area contributed by atoms with Gasteiger partial charge < -0.3 is 4.74 Å². The SMILES string of the molecule is CC1C2CC3CC(C2)CC1(C)C3.O=C1C=CC(=O)O1. The first-order chi connectivity index (χ1) is 8.96. The molecule has 0 aromatic rings. The fourth-order valence-electron chi connectivity index (χ4n) is 5.00. The monoisotopic (exact) mass is 262 g/mol. The van der Waals surface area contributed by atoms with Crippen LogP contribution in [0.2, 0.25) is 0 Å². The van der Waals surface area contributed by atoms with Crippen LogP contribution in [0.3, 0.4) is 0 Å². The molecule has 4 aliphatic carbocycles. The van der Waals surface area contributed by atoms with E-state index in [-0.39, 0.29) is 0 Å². The lowest BCUT2D eigenvalue weighted by molar-refractivity contribution is -0.150. The molecule has 5 rings (SSSR count). The van der Waals surface area contributed by atoms with E-state index >= 15 is 0 Å².